The number of pyridine rings is 1. The molecule has 0 aliphatic heterocycles. The van der Waals surface area contributed by atoms with E-state index in [0.29, 0.717) is 0 Å². The molecule has 4 rings (SSSR count). The zero-order chi connectivity index (χ0) is 20.4. The summed E-state index contributed by atoms with van der Waals surface area (Å²) in [6.45, 7) is 4.90. The SMILES string of the molecule is c1ccc(CN(CCCN(Cc2ncc[nH]2)Cn2cccn2)Cc2ncc[nH]2)nc1. The normalized spacial score (nSPS) is 11.5. The Labute approximate surface area is 175 Å². The molecule has 0 saturated heterocycles. The van der Waals surface area contributed by atoms with Gasteiger partial charge < -0.3 is 9.97 Å². The quantitative estimate of drug-likeness (QED) is 0.376. The number of aromatic nitrogens is 7. The molecule has 0 radical (unpaired) electrons. The molecule has 2 N–H and O–H groups in total. The van der Waals surface area contributed by atoms with E-state index in [9.17, 15) is 0 Å². The maximum atomic E-state index is 4.48. The van der Waals surface area contributed by atoms with Crippen LogP contribution in [0.2, 0.25) is 0 Å². The van der Waals surface area contributed by atoms with Crippen molar-refractivity contribution in [2.75, 3.05) is 13.1 Å². The van der Waals surface area contributed by atoms with E-state index in [1.54, 1.807) is 12.4 Å². The summed E-state index contributed by atoms with van der Waals surface area (Å²) in [5.74, 6) is 1.93. The zero-order valence-corrected chi connectivity index (χ0v) is 16.9. The van der Waals surface area contributed by atoms with Crippen LogP contribution in [0.1, 0.15) is 23.8 Å². The van der Waals surface area contributed by atoms with Gasteiger partial charge in [-0.3, -0.25) is 19.5 Å². The van der Waals surface area contributed by atoms with Gasteiger partial charge in [0, 0.05) is 63.0 Å². The van der Waals surface area contributed by atoms with Crippen LogP contribution in [0.5, 0.6) is 0 Å². The first-order chi connectivity index (χ1) is 14.8. The van der Waals surface area contributed by atoms with E-state index >= 15 is 0 Å². The van der Waals surface area contributed by atoms with Crippen molar-refractivity contribution >= 4 is 0 Å². The van der Waals surface area contributed by atoms with Crippen LogP contribution in [0.4, 0.5) is 0 Å². The Morgan fingerprint density at radius 2 is 1.53 bits per heavy atom. The minimum atomic E-state index is 0.728. The van der Waals surface area contributed by atoms with Crippen LogP contribution in [-0.4, -0.2) is 57.6 Å². The van der Waals surface area contributed by atoms with Gasteiger partial charge in [0.05, 0.1) is 25.5 Å². The molecule has 4 aromatic rings. The van der Waals surface area contributed by atoms with Crippen molar-refractivity contribution in [2.24, 2.45) is 0 Å². The summed E-state index contributed by atoms with van der Waals surface area (Å²) in [6.07, 6.45) is 14.0. The highest BCUT2D eigenvalue weighted by Crippen LogP contribution is 2.08. The first-order valence-corrected chi connectivity index (χ1v) is 10.1. The highest BCUT2D eigenvalue weighted by Gasteiger charge is 2.13. The Bertz CT molecular complexity index is 898. The molecule has 0 spiro atoms. The lowest BCUT2D eigenvalue weighted by atomic mass is 10.3. The molecule has 0 aromatic carbocycles. The molecule has 9 nitrogen and oxygen atoms in total. The minimum Gasteiger partial charge on any atom is -0.348 e. The summed E-state index contributed by atoms with van der Waals surface area (Å²) >= 11 is 0. The Kier molecular flexibility index (Phi) is 6.98. The second kappa shape index (κ2) is 10.5. The Balaban J connectivity index is 1.36. The second-order valence-electron chi connectivity index (χ2n) is 7.20. The van der Waals surface area contributed by atoms with Gasteiger partial charge in [-0.15, -0.1) is 0 Å². The summed E-state index contributed by atoms with van der Waals surface area (Å²) in [4.78, 5) is 24.4. The number of nitrogens with one attached hydrogen (secondary N) is 2. The van der Waals surface area contributed by atoms with Crippen LogP contribution in [0, 0.1) is 0 Å². The number of H-pyrrole nitrogens is 2. The minimum absolute atomic E-state index is 0.728. The van der Waals surface area contributed by atoms with Gasteiger partial charge in [0.25, 0.3) is 0 Å². The van der Waals surface area contributed by atoms with E-state index < -0.39 is 0 Å². The lowest BCUT2D eigenvalue weighted by molar-refractivity contribution is 0.170. The lowest BCUT2D eigenvalue weighted by Crippen LogP contribution is -2.31. The molecule has 156 valence electrons. The van der Waals surface area contributed by atoms with Gasteiger partial charge in [0.2, 0.25) is 0 Å². The van der Waals surface area contributed by atoms with Gasteiger partial charge in [-0.05, 0) is 24.6 Å². The summed E-state index contributed by atoms with van der Waals surface area (Å²) in [5.41, 5.74) is 1.06. The smallest absolute Gasteiger partial charge is 0.120 e. The van der Waals surface area contributed by atoms with Crippen molar-refractivity contribution < 1.29 is 0 Å². The molecule has 0 saturated carbocycles. The molecule has 0 bridgehead atoms. The average molecular weight is 406 g/mol. The second-order valence-corrected chi connectivity index (χ2v) is 7.20. The topological polar surface area (TPSA) is 94.5 Å². The van der Waals surface area contributed by atoms with Gasteiger partial charge in [0.1, 0.15) is 11.6 Å². The van der Waals surface area contributed by atoms with Crippen molar-refractivity contribution in [3.05, 3.63) is 85.0 Å². The maximum Gasteiger partial charge on any atom is 0.120 e. The Morgan fingerprint density at radius 1 is 0.767 bits per heavy atom. The number of hydrogen-bond donors (Lipinski definition) is 2. The molecular weight excluding hydrogens is 378 g/mol. The van der Waals surface area contributed by atoms with Crippen molar-refractivity contribution in [3.63, 3.8) is 0 Å². The predicted molar refractivity (Wildman–Crippen MR) is 113 cm³/mol. The monoisotopic (exact) mass is 405 g/mol. The third kappa shape index (κ3) is 6.10. The molecule has 0 aliphatic rings. The number of rotatable bonds is 12. The van der Waals surface area contributed by atoms with E-state index in [1.165, 1.54) is 0 Å². The summed E-state index contributed by atoms with van der Waals surface area (Å²) in [5, 5.41) is 4.35. The van der Waals surface area contributed by atoms with Gasteiger partial charge in [0.15, 0.2) is 0 Å². The predicted octanol–water partition coefficient (Wildman–Crippen LogP) is 2.28. The first-order valence-electron chi connectivity index (χ1n) is 10.1. The van der Waals surface area contributed by atoms with E-state index in [2.05, 4.69) is 45.9 Å². The fraction of sp³-hybridized carbons (Fsp3) is 0.333. The van der Waals surface area contributed by atoms with Crippen molar-refractivity contribution in [1.29, 1.82) is 0 Å². The van der Waals surface area contributed by atoms with Gasteiger partial charge >= 0.3 is 0 Å². The number of hydrogen-bond acceptors (Lipinski definition) is 6. The van der Waals surface area contributed by atoms with Crippen LogP contribution in [0.15, 0.2) is 67.6 Å². The van der Waals surface area contributed by atoms with Crippen molar-refractivity contribution in [2.45, 2.75) is 32.7 Å². The standard InChI is InChI=1S/C21H27N9/c1-2-6-22-19(5-1)15-28(16-20-23-8-9-24-20)12-4-13-29(17-21-25-10-11-26-21)18-30-14-3-7-27-30/h1-3,5-11,14H,4,12-13,15-18H2,(H,23,24)(H,25,26). The molecule has 4 heterocycles. The molecule has 30 heavy (non-hydrogen) atoms. The molecule has 0 atom stereocenters. The number of imidazole rings is 2. The molecule has 0 amide bonds. The summed E-state index contributed by atoms with van der Waals surface area (Å²) < 4.78 is 1.94. The van der Waals surface area contributed by atoms with E-state index in [-0.39, 0.29) is 0 Å². The highest BCUT2D eigenvalue weighted by atomic mass is 15.4. The van der Waals surface area contributed by atoms with Crippen LogP contribution in [0.25, 0.3) is 0 Å². The molecular formula is C21H27N9. The third-order valence-corrected chi connectivity index (χ3v) is 4.82. The largest absolute Gasteiger partial charge is 0.348 e. The van der Waals surface area contributed by atoms with Gasteiger partial charge in [-0.1, -0.05) is 6.07 Å². The fourth-order valence-electron chi connectivity index (χ4n) is 3.43. The molecule has 0 fully saturated rings. The van der Waals surface area contributed by atoms with E-state index in [0.717, 1.165) is 63.2 Å². The van der Waals surface area contributed by atoms with Crippen molar-refractivity contribution in [1.82, 2.24) is 44.5 Å². The van der Waals surface area contributed by atoms with Crippen LogP contribution in [-0.2, 0) is 26.3 Å². The van der Waals surface area contributed by atoms with E-state index in [1.807, 2.05) is 53.9 Å². The van der Waals surface area contributed by atoms with Gasteiger partial charge in [-0.25, -0.2) is 9.97 Å². The summed E-state index contributed by atoms with van der Waals surface area (Å²) in [6, 6.07) is 7.99. The third-order valence-electron chi connectivity index (χ3n) is 4.82. The number of aromatic amines is 2. The molecule has 0 unspecified atom stereocenters. The number of nitrogens with zero attached hydrogens (tertiary/aromatic N) is 7. The highest BCUT2D eigenvalue weighted by molar-refractivity contribution is 5.03. The van der Waals surface area contributed by atoms with E-state index in [4.69, 9.17) is 0 Å². The van der Waals surface area contributed by atoms with Crippen LogP contribution in [0.3, 0.4) is 0 Å². The summed E-state index contributed by atoms with van der Waals surface area (Å²) in [7, 11) is 0. The Morgan fingerprint density at radius 3 is 2.17 bits per heavy atom. The lowest BCUT2D eigenvalue weighted by Gasteiger charge is -2.25. The average Bonchev–Trinajstić information content (AvgIpc) is 3.53. The van der Waals surface area contributed by atoms with Crippen molar-refractivity contribution in [3.8, 4) is 0 Å². The Hall–Kier alpha value is -3.30. The van der Waals surface area contributed by atoms with Gasteiger partial charge in [-0.2, -0.15) is 5.10 Å². The zero-order valence-electron chi connectivity index (χ0n) is 16.9. The fourth-order valence-corrected chi connectivity index (χ4v) is 3.43. The molecule has 0 aliphatic carbocycles. The molecule has 4 aromatic heterocycles. The van der Waals surface area contributed by atoms with Crippen LogP contribution < -0.4 is 0 Å². The maximum absolute atomic E-state index is 4.48. The van der Waals surface area contributed by atoms with Crippen LogP contribution >= 0.6 is 0 Å². The first kappa shape index (κ1) is 20.0. The molecule has 9 heteroatoms.